The number of carbonyl (C=O) groups excluding carboxylic acids is 1. The summed E-state index contributed by atoms with van der Waals surface area (Å²) in [6, 6.07) is 0. The molecule has 0 amide bonds. The van der Waals surface area contributed by atoms with Gasteiger partial charge < -0.3 is 5.73 Å². The molecule has 0 aliphatic heterocycles. The summed E-state index contributed by atoms with van der Waals surface area (Å²) >= 11 is 0. The van der Waals surface area contributed by atoms with E-state index in [1.165, 1.54) is 12.8 Å². The molecule has 0 bridgehead atoms. The third-order valence-electron chi connectivity index (χ3n) is 3.99. The summed E-state index contributed by atoms with van der Waals surface area (Å²) in [5.74, 6) is 0.765. The quantitative estimate of drug-likeness (QED) is 0.736. The largest absolute Gasteiger partial charge is 0.329 e. The van der Waals surface area contributed by atoms with Gasteiger partial charge in [0.2, 0.25) is 0 Å². The van der Waals surface area contributed by atoms with Crippen LogP contribution in [0.25, 0.3) is 0 Å². The minimum absolute atomic E-state index is 0.213. The fourth-order valence-electron chi connectivity index (χ4n) is 2.61. The molecule has 0 spiro atoms. The van der Waals surface area contributed by atoms with Gasteiger partial charge in [0.15, 0.2) is 0 Å². The Labute approximate surface area is 87.2 Å². The molecule has 0 unspecified atom stereocenters. The third-order valence-corrected chi connectivity index (χ3v) is 3.99. The van der Waals surface area contributed by atoms with E-state index < -0.39 is 0 Å². The predicted octanol–water partition coefficient (Wildman–Crippen LogP) is 2.51. The third kappa shape index (κ3) is 2.00. The summed E-state index contributed by atoms with van der Waals surface area (Å²) in [7, 11) is 0. The molecule has 0 aromatic rings. The summed E-state index contributed by atoms with van der Waals surface area (Å²) in [5, 5.41) is 0. The molecule has 14 heavy (non-hydrogen) atoms. The van der Waals surface area contributed by atoms with Gasteiger partial charge in [0.25, 0.3) is 0 Å². The summed E-state index contributed by atoms with van der Waals surface area (Å²) in [6.45, 7) is 4.70. The van der Waals surface area contributed by atoms with Gasteiger partial charge >= 0.3 is 0 Å². The van der Waals surface area contributed by atoms with Crippen LogP contribution < -0.4 is 5.73 Å². The first-order valence-electron chi connectivity index (χ1n) is 5.94. The molecule has 1 rings (SSSR count). The van der Waals surface area contributed by atoms with E-state index in [-0.39, 0.29) is 5.41 Å². The molecule has 0 aromatic carbocycles. The van der Waals surface area contributed by atoms with Crippen LogP contribution in [0.3, 0.4) is 0 Å². The van der Waals surface area contributed by atoms with Crippen molar-refractivity contribution in [2.75, 3.05) is 6.54 Å². The molecule has 0 saturated heterocycles. The first-order chi connectivity index (χ1) is 6.70. The van der Waals surface area contributed by atoms with Gasteiger partial charge in [-0.3, -0.25) is 4.79 Å². The van der Waals surface area contributed by atoms with Crippen LogP contribution in [0.5, 0.6) is 0 Å². The molecule has 1 aliphatic carbocycles. The topological polar surface area (TPSA) is 43.1 Å². The van der Waals surface area contributed by atoms with Gasteiger partial charge in [-0.2, -0.15) is 0 Å². The zero-order valence-electron chi connectivity index (χ0n) is 9.51. The van der Waals surface area contributed by atoms with Crippen molar-refractivity contribution in [1.29, 1.82) is 0 Å². The Morgan fingerprint density at radius 3 is 2.14 bits per heavy atom. The van der Waals surface area contributed by atoms with Gasteiger partial charge in [0.1, 0.15) is 5.78 Å². The normalized spacial score (nSPS) is 18.8. The number of hydrogen-bond acceptors (Lipinski definition) is 2. The molecule has 0 atom stereocenters. The monoisotopic (exact) mass is 197 g/mol. The van der Waals surface area contributed by atoms with Crippen LogP contribution in [-0.2, 0) is 4.79 Å². The minimum Gasteiger partial charge on any atom is -0.329 e. The molecule has 2 heteroatoms. The van der Waals surface area contributed by atoms with E-state index >= 15 is 0 Å². The van der Waals surface area contributed by atoms with E-state index in [1.807, 2.05) is 0 Å². The van der Waals surface area contributed by atoms with Crippen molar-refractivity contribution in [3.8, 4) is 0 Å². The highest BCUT2D eigenvalue weighted by molar-refractivity contribution is 5.87. The van der Waals surface area contributed by atoms with E-state index in [9.17, 15) is 4.79 Å². The zero-order valence-corrected chi connectivity index (χ0v) is 9.51. The van der Waals surface area contributed by atoms with Crippen molar-refractivity contribution in [3.05, 3.63) is 0 Å². The van der Waals surface area contributed by atoms with Crippen molar-refractivity contribution >= 4 is 5.78 Å². The summed E-state index contributed by atoms with van der Waals surface area (Å²) < 4.78 is 0. The molecular formula is C12H23NO. The maximum absolute atomic E-state index is 12.3. The first kappa shape index (κ1) is 11.7. The highest BCUT2D eigenvalue weighted by Crippen LogP contribution is 2.36. The van der Waals surface area contributed by atoms with Crippen LogP contribution in [0.1, 0.15) is 52.4 Å². The molecule has 2 N–H and O–H groups in total. The Morgan fingerprint density at radius 2 is 1.79 bits per heavy atom. The van der Waals surface area contributed by atoms with E-state index in [2.05, 4.69) is 13.8 Å². The number of carbonyl (C=O) groups is 1. The van der Waals surface area contributed by atoms with Crippen molar-refractivity contribution < 1.29 is 4.79 Å². The lowest BCUT2D eigenvalue weighted by Crippen LogP contribution is -2.40. The van der Waals surface area contributed by atoms with E-state index in [0.29, 0.717) is 18.2 Å². The number of hydrogen-bond donors (Lipinski definition) is 1. The van der Waals surface area contributed by atoms with Crippen molar-refractivity contribution in [3.63, 3.8) is 0 Å². The minimum atomic E-state index is -0.213. The summed E-state index contributed by atoms with van der Waals surface area (Å²) in [5.41, 5.74) is 5.56. The second-order valence-electron chi connectivity index (χ2n) is 4.54. The van der Waals surface area contributed by atoms with Gasteiger partial charge in [-0.15, -0.1) is 0 Å². The molecule has 1 saturated carbocycles. The van der Waals surface area contributed by atoms with E-state index in [1.54, 1.807) is 0 Å². The van der Waals surface area contributed by atoms with Crippen LogP contribution in [0.2, 0.25) is 0 Å². The van der Waals surface area contributed by atoms with Crippen LogP contribution >= 0.6 is 0 Å². The van der Waals surface area contributed by atoms with Crippen LogP contribution in [0.4, 0.5) is 0 Å². The fraction of sp³-hybridized carbons (Fsp3) is 0.917. The van der Waals surface area contributed by atoms with Gasteiger partial charge in [0, 0.05) is 17.9 Å². The highest BCUT2D eigenvalue weighted by atomic mass is 16.1. The molecule has 0 heterocycles. The maximum Gasteiger partial charge on any atom is 0.143 e. The maximum atomic E-state index is 12.3. The van der Waals surface area contributed by atoms with Gasteiger partial charge in [-0.1, -0.05) is 26.7 Å². The molecule has 1 aliphatic rings. The Kier molecular flexibility index (Phi) is 4.11. The van der Waals surface area contributed by atoms with Crippen LogP contribution in [0.15, 0.2) is 0 Å². The number of rotatable bonds is 5. The van der Waals surface area contributed by atoms with Crippen LogP contribution in [0, 0.1) is 11.3 Å². The average molecular weight is 197 g/mol. The smallest absolute Gasteiger partial charge is 0.143 e. The number of Topliss-reactive ketones (excluding diaryl/α,β-unsaturated/α-hetero) is 1. The lowest BCUT2D eigenvalue weighted by atomic mass is 9.73. The van der Waals surface area contributed by atoms with Crippen molar-refractivity contribution in [2.45, 2.75) is 52.4 Å². The Bertz CT molecular complexity index is 182. The molecule has 82 valence electrons. The second kappa shape index (κ2) is 4.92. The standard InChI is InChI=1S/C12H23NO/c1-3-12(4-2,9-13)11(14)10-7-5-6-8-10/h10H,3-9,13H2,1-2H3. The number of nitrogens with two attached hydrogens (primary N) is 1. The van der Waals surface area contributed by atoms with Crippen molar-refractivity contribution in [2.24, 2.45) is 17.1 Å². The lowest BCUT2D eigenvalue weighted by molar-refractivity contribution is -0.132. The highest BCUT2D eigenvalue weighted by Gasteiger charge is 2.38. The second-order valence-corrected chi connectivity index (χ2v) is 4.54. The first-order valence-corrected chi connectivity index (χ1v) is 5.94. The lowest BCUT2D eigenvalue weighted by Gasteiger charge is -2.31. The molecule has 0 radical (unpaired) electrons. The van der Waals surface area contributed by atoms with Crippen LogP contribution in [-0.4, -0.2) is 12.3 Å². The Balaban J connectivity index is 2.71. The van der Waals surface area contributed by atoms with E-state index in [0.717, 1.165) is 25.7 Å². The zero-order chi connectivity index (χ0) is 10.6. The van der Waals surface area contributed by atoms with E-state index in [4.69, 9.17) is 5.73 Å². The predicted molar refractivity (Wildman–Crippen MR) is 59.0 cm³/mol. The fourth-order valence-corrected chi connectivity index (χ4v) is 2.61. The van der Waals surface area contributed by atoms with Crippen molar-refractivity contribution in [1.82, 2.24) is 0 Å². The number of ketones is 1. The Morgan fingerprint density at radius 1 is 1.29 bits per heavy atom. The van der Waals surface area contributed by atoms with Gasteiger partial charge in [0.05, 0.1) is 0 Å². The van der Waals surface area contributed by atoms with Gasteiger partial charge in [-0.05, 0) is 25.7 Å². The average Bonchev–Trinajstić information content (AvgIpc) is 2.74. The Hall–Kier alpha value is -0.370. The molecule has 2 nitrogen and oxygen atoms in total. The SMILES string of the molecule is CCC(CC)(CN)C(=O)C1CCCC1. The summed E-state index contributed by atoms with van der Waals surface area (Å²) in [4.78, 5) is 12.3. The molecule has 1 fully saturated rings. The summed E-state index contributed by atoms with van der Waals surface area (Å²) in [6.07, 6.45) is 6.45. The van der Waals surface area contributed by atoms with Gasteiger partial charge in [-0.25, -0.2) is 0 Å². The molecular weight excluding hydrogens is 174 g/mol. The molecule has 0 aromatic heterocycles.